The summed E-state index contributed by atoms with van der Waals surface area (Å²) < 4.78 is 7.15. The quantitative estimate of drug-likeness (QED) is 0.158. The van der Waals surface area contributed by atoms with Crippen LogP contribution in [0.2, 0.25) is 0 Å². The number of fused-ring (bicyclic) bond motifs is 9. The van der Waals surface area contributed by atoms with E-state index in [1.165, 1.54) is 65.4 Å². The Morgan fingerprint density at radius 3 is 1.53 bits per heavy atom. The monoisotopic (exact) mass is 924 g/mol. The molecule has 8 aromatic carbocycles. The molecule has 6 heteroatoms. The van der Waals surface area contributed by atoms with Gasteiger partial charge in [-0.05, 0) is 72.3 Å². The molecule has 0 bridgehead atoms. The number of hydrogen-bond donors (Lipinski definition) is 0. The molecule has 0 fully saturated rings. The van der Waals surface area contributed by atoms with Gasteiger partial charge in [0.1, 0.15) is 5.00 Å². The van der Waals surface area contributed by atoms with Gasteiger partial charge < -0.3 is 9.13 Å². The zero-order chi connectivity index (χ0) is 36.7. The van der Waals surface area contributed by atoms with Crippen LogP contribution in [0.3, 0.4) is 0 Å². The fourth-order valence-electron chi connectivity index (χ4n) is 8.79. The van der Waals surface area contributed by atoms with Gasteiger partial charge in [-0.25, -0.2) is 0 Å². The van der Waals surface area contributed by atoms with E-state index < -0.39 is 0 Å². The van der Waals surface area contributed by atoms with Gasteiger partial charge in [0, 0.05) is 68.8 Å². The topological polar surface area (TPSA) is 27.7 Å². The molecule has 271 valence electrons. The maximum absolute atomic E-state index is 4.96. The minimum atomic E-state index is 0. The van der Waals surface area contributed by atoms with E-state index in [1.54, 1.807) is 11.3 Å². The van der Waals surface area contributed by atoms with Crippen LogP contribution in [0.5, 0.6) is 0 Å². The maximum atomic E-state index is 4.96. The molecular weight excluding hydrogens is 893 g/mol. The largest absolute Gasteiger partial charge is 0.309 e. The van der Waals surface area contributed by atoms with Crippen molar-refractivity contribution in [2.45, 2.75) is 0 Å². The van der Waals surface area contributed by atoms with Gasteiger partial charge in [0.2, 0.25) is 0 Å². The van der Waals surface area contributed by atoms with Crippen molar-refractivity contribution in [1.82, 2.24) is 18.7 Å². The van der Waals surface area contributed by atoms with Crippen LogP contribution in [0.1, 0.15) is 0 Å². The van der Waals surface area contributed by atoms with Gasteiger partial charge in [-0.3, -0.25) is 9.55 Å². The average molecular weight is 924 g/mol. The van der Waals surface area contributed by atoms with Gasteiger partial charge in [0.25, 0.3) is 0 Å². The van der Waals surface area contributed by atoms with Gasteiger partial charge in [0.05, 0.1) is 39.3 Å². The molecule has 12 rings (SSSR count). The first-order chi connectivity index (χ1) is 27.8. The molecule has 0 saturated carbocycles. The Labute approximate surface area is 345 Å². The number of thiazole rings is 1. The SMILES string of the molecule is [Ir].[c-]1ccc(-c2ccc3c(c2)c2cc4c5ccccc5n(-c5ccccc5)c4cc2n3-c2ccccc2)cc1-c1ncc(-n2c3ccccc3c3ccccc32)s1. The van der Waals surface area contributed by atoms with E-state index in [9.17, 15) is 0 Å². The second kappa shape index (κ2) is 13.3. The Morgan fingerprint density at radius 1 is 0.404 bits per heavy atom. The van der Waals surface area contributed by atoms with E-state index in [2.05, 4.69) is 196 Å². The third-order valence-electron chi connectivity index (χ3n) is 11.2. The predicted octanol–water partition coefficient (Wildman–Crippen LogP) is 13.6. The van der Waals surface area contributed by atoms with Crippen molar-refractivity contribution >= 4 is 76.8 Å². The van der Waals surface area contributed by atoms with Crippen LogP contribution in [0.25, 0.3) is 103 Å². The minimum Gasteiger partial charge on any atom is -0.309 e. The zero-order valence-corrected chi connectivity index (χ0v) is 33.6. The summed E-state index contributed by atoms with van der Waals surface area (Å²) in [6.07, 6.45) is 2.00. The molecule has 0 aliphatic carbocycles. The average Bonchev–Trinajstić information content (AvgIpc) is 4.03. The predicted molar refractivity (Wildman–Crippen MR) is 235 cm³/mol. The second-order valence-corrected chi connectivity index (χ2v) is 15.4. The van der Waals surface area contributed by atoms with Gasteiger partial charge in [0.15, 0.2) is 0 Å². The molecule has 0 spiro atoms. The molecule has 0 aliphatic rings. The summed E-state index contributed by atoms with van der Waals surface area (Å²) in [5, 5.41) is 9.47. The summed E-state index contributed by atoms with van der Waals surface area (Å²) in [5.41, 5.74) is 12.7. The smallest absolute Gasteiger partial charge is 0.110 e. The van der Waals surface area contributed by atoms with Crippen molar-refractivity contribution in [3.63, 3.8) is 0 Å². The van der Waals surface area contributed by atoms with Crippen molar-refractivity contribution in [3.8, 4) is 38.1 Å². The molecule has 1 radical (unpaired) electrons. The molecule has 57 heavy (non-hydrogen) atoms. The summed E-state index contributed by atoms with van der Waals surface area (Å²) >= 11 is 1.70. The number of rotatable bonds is 5. The number of nitrogens with zero attached hydrogens (tertiary/aromatic N) is 4. The Kier molecular flexibility index (Phi) is 7.87. The summed E-state index contributed by atoms with van der Waals surface area (Å²) in [6.45, 7) is 0. The summed E-state index contributed by atoms with van der Waals surface area (Å²) in [4.78, 5) is 4.96. The first-order valence-electron chi connectivity index (χ1n) is 18.9. The van der Waals surface area contributed by atoms with E-state index >= 15 is 0 Å². The van der Waals surface area contributed by atoms with Crippen molar-refractivity contribution in [2.75, 3.05) is 0 Å². The van der Waals surface area contributed by atoms with Crippen molar-refractivity contribution in [3.05, 3.63) is 194 Å². The van der Waals surface area contributed by atoms with Crippen LogP contribution in [-0.2, 0) is 20.1 Å². The molecule has 4 heterocycles. The van der Waals surface area contributed by atoms with Gasteiger partial charge in [-0.15, -0.1) is 46.7 Å². The first-order valence-corrected chi connectivity index (χ1v) is 19.7. The van der Waals surface area contributed by atoms with Crippen LogP contribution < -0.4 is 0 Å². The van der Waals surface area contributed by atoms with Crippen molar-refractivity contribution < 1.29 is 20.1 Å². The van der Waals surface area contributed by atoms with Crippen LogP contribution in [-0.4, -0.2) is 18.7 Å². The molecule has 0 saturated heterocycles. The Morgan fingerprint density at radius 2 is 0.895 bits per heavy atom. The fourth-order valence-corrected chi connectivity index (χ4v) is 9.72. The molecule has 4 aromatic heterocycles. The number of hydrogen-bond acceptors (Lipinski definition) is 2. The Hall–Kier alpha value is -6.56. The Bertz CT molecular complexity index is 3430. The Balaban J connectivity index is 0.00000374. The third-order valence-corrected chi connectivity index (χ3v) is 12.3. The van der Waals surface area contributed by atoms with Gasteiger partial charge in [-0.1, -0.05) is 97.1 Å². The molecule has 0 unspecified atom stereocenters. The summed E-state index contributed by atoms with van der Waals surface area (Å²) in [5.74, 6) is 0. The maximum Gasteiger partial charge on any atom is 0.110 e. The van der Waals surface area contributed by atoms with E-state index in [4.69, 9.17) is 4.98 Å². The van der Waals surface area contributed by atoms with Crippen LogP contribution in [0.4, 0.5) is 0 Å². The number of para-hydroxylation sites is 5. The molecule has 0 N–H and O–H groups in total. The van der Waals surface area contributed by atoms with Crippen molar-refractivity contribution in [2.24, 2.45) is 0 Å². The molecule has 0 amide bonds. The second-order valence-electron chi connectivity index (χ2n) is 14.3. The zero-order valence-electron chi connectivity index (χ0n) is 30.4. The number of aromatic nitrogens is 4. The summed E-state index contributed by atoms with van der Waals surface area (Å²) in [7, 11) is 0. The normalized spacial score (nSPS) is 11.7. The summed E-state index contributed by atoms with van der Waals surface area (Å²) in [6, 6.07) is 69.0. The first kappa shape index (κ1) is 33.8. The van der Waals surface area contributed by atoms with Crippen LogP contribution in [0, 0.1) is 6.07 Å². The number of benzene rings is 8. The van der Waals surface area contributed by atoms with E-state index in [0.717, 1.165) is 38.1 Å². The third kappa shape index (κ3) is 5.19. The van der Waals surface area contributed by atoms with Gasteiger partial charge in [-0.2, -0.15) is 0 Å². The van der Waals surface area contributed by atoms with E-state index in [-0.39, 0.29) is 20.1 Å². The molecular formula is C51H31IrN4S-. The standard InChI is InChI=1S/C51H31N4S.Ir/c1-3-16-36(17-4-1)53-44-23-10-9-22-40(44)42-30-43-41-29-34(26-27-47(41)54(49(43)31-48(42)53)37-18-5-2-6-19-37)33-14-13-15-35(28-33)51-52-32-50(56-51)55-45-24-11-7-20-38(45)39-21-8-12-25-46(39)55;/h1-14,16-32H;/q-1;. The fraction of sp³-hybridized carbons (Fsp3) is 0. The van der Waals surface area contributed by atoms with Gasteiger partial charge >= 0.3 is 0 Å². The van der Waals surface area contributed by atoms with E-state index in [0.29, 0.717) is 0 Å². The minimum absolute atomic E-state index is 0. The van der Waals surface area contributed by atoms with Crippen LogP contribution in [0.15, 0.2) is 188 Å². The van der Waals surface area contributed by atoms with E-state index in [1.807, 2.05) is 12.3 Å². The van der Waals surface area contributed by atoms with Crippen molar-refractivity contribution in [1.29, 1.82) is 0 Å². The molecule has 0 aliphatic heterocycles. The van der Waals surface area contributed by atoms with Crippen LogP contribution >= 0.6 is 11.3 Å². The molecule has 12 aromatic rings. The molecule has 0 atom stereocenters. The molecule has 4 nitrogen and oxygen atoms in total.